The van der Waals surface area contributed by atoms with Crippen LogP contribution in [-0.4, -0.2) is 23.8 Å². The Morgan fingerprint density at radius 3 is 2.71 bits per heavy atom. The van der Waals surface area contributed by atoms with Crippen molar-refractivity contribution >= 4 is 17.1 Å². The van der Waals surface area contributed by atoms with E-state index in [9.17, 15) is 10.1 Å². The minimum absolute atomic E-state index is 0.0906. The molecule has 14 heavy (non-hydrogen) atoms. The van der Waals surface area contributed by atoms with E-state index in [4.69, 9.17) is 10.8 Å². The molecular formula is C8H11N3O3. The molecule has 0 spiro atoms. The lowest BCUT2D eigenvalue weighted by Gasteiger charge is -2.15. The normalized spacial score (nSPS) is 9.86. The Kier molecular flexibility index (Phi) is 2.88. The van der Waals surface area contributed by atoms with Crippen molar-refractivity contribution in [3.05, 3.63) is 28.3 Å². The summed E-state index contributed by atoms with van der Waals surface area (Å²) in [4.78, 5) is 11.4. The third kappa shape index (κ3) is 1.91. The molecule has 1 aromatic carbocycles. The van der Waals surface area contributed by atoms with Crippen molar-refractivity contribution in [3.8, 4) is 0 Å². The molecule has 0 fully saturated rings. The number of aliphatic hydroxyl groups excluding tert-OH is 1. The predicted molar refractivity (Wildman–Crippen MR) is 53.0 cm³/mol. The van der Waals surface area contributed by atoms with Crippen LogP contribution in [-0.2, 0) is 0 Å². The van der Waals surface area contributed by atoms with Gasteiger partial charge in [0.25, 0.3) is 5.69 Å². The predicted octanol–water partition coefficient (Wildman–Crippen LogP) is 0.563. The fraction of sp³-hybridized carbons (Fsp3) is 0.250. The number of aliphatic hydroxyl groups is 1. The van der Waals surface area contributed by atoms with Crippen LogP contribution in [0.4, 0.5) is 17.1 Å². The first-order valence-corrected chi connectivity index (χ1v) is 3.92. The van der Waals surface area contributed by atoms with Crippen LogP contribution in [0.3, 0.4) is 0 Å². The summed E-state index contributed by atoms with van der Waals surface area (Å²) in [5.74, 6) is 0. The third-order valence-electron chi connectivity index (χ3n) is 1.86. The van der Waals surface area contributed by atoms with E-state index >= 15 is 0 Å². The van der Waals surface area contributed by atoms with Crippen molar-refractivity contribution in [2.45, 2.75) is 0 Å². The lowest BCUT2D eigenvalue weighted by Crippen LogP contribution is -2.17. The van der Waals surface area contributed by atoms with Gasteiger partial charge < -0.3 is 15.7 Å². The molecule has 6 heteroatoms. The number of nitrogens with zero attached hydrogens (tertiary/aromatic N) is 2. The van der Waals surface area contributed by atoms with Gasteiger partial charge in [-0.25, -0.2) is 0 Å². The number of anilines is 2. The molecule has 1 rings (SSSR count). The van der Waals surface area contributed by atoms with Crippen molar-refractivity contribution in [2.75, 3.05) is 24.4 Å². The highest BCUT2D eigenvalue weighted by Gasteiger charge is 2.11. The largest absolute Gasteiger partial charge is 0.393 e. The summed E-state index contributed by atoms with van der Waals surface area (Å²) in [5.41, 5.74) is 6.07. The molecule has 6 nitrogen and oxygen atoms in total. The molecule has 76 valence electrons. The van der Waals surface area contributed by atoms with Crippen molar-refractivity contribution in [1.29, 1.82) is 0 Å². The van der Waals surface area contributed by atoms with Gasteiger partial charge in [0.15, 0.2) is 0 Å². The van der Waals surface area contributed by atoms with Gasteiger partial charge in [-0.15, -0.1) is 0 Å². The van der Waals surface area contributed by atoms with Crippen molar-refractivity contribution in [3.63, 3.8) is 0 Å². The van der Waals surface area contributed by atoms with Crippen LogP contribution < -0.4 is 10.6 Å². The van der Waals surface area contributed by atoms with E-state index < -0.39 is 4.92 Å². The molecule has 0 bridgehead atoms. The van der Waals surface area contributed by atoms with Gasteiger partial charge in [-0.2, -0.15) is 0 Å². The summed E-state index contributed by atoms with van der Waals surface area (Å²) in [6, 6.07) is 4.30. The average Bonchev–Trinajstić information content (AvgIpc) is 2.15. The number of nitro benzene ring substituents is 1. The van der Waals surface area contributed by atoms with Gasteiger partial charge in [0.1, 0.15) is 12.4 Å². The molecule has 0 heterocycles. The van der Waals surface area contributed by atoms with Gasteiger partial charge in [0, 0.05) is 18.8 Å². The molecule has 0 amide bonds. The van der Waals surface area contributed by atoms with Gasteiger partial charge in [-0.3, -0.25) is 10.1 Å². The Labute approximate surface area is 80.7 Å². The second-order valence-corrected chi connectivity index (χ2v) is 2.84. The van der Waals surface area contributed by atoms with Crippen LogP contribution >= 0.6 is 0 Å². The maximum Gasteiger partial charge on any atom is 0.292 e. The van der Waals surface area contributed by atoms with E-state index in [1.54, 1.807) is 7.05 Å². The van der Waals surface area contributed by atoms with Gasteiger partial charge in [-0.05, 0) is 12.1 Å². The van der Waals surface area contributed by atoms with Crippen molar-refractivity contribution < 1.29 is 10.0 Å². The van der Waals surface area contributed by atoms with Gasteiger partial charge in [0.2, 0.25) is 0 Å². The fourth-order valence-corrected chi connectivity index (χ4v) is 1.03. The standard InChI is InChI=1S/C8H11N3O3/c1-10(5-12)6-2-3-8(11(13)14)7(9)4-6/h2-4,12H,5,9H2,1H3. The summed E-state index contributed by atoms with van der Waals surface area (Å²) in [7, 11) is 1.65. The summed E-state index contributed by atoms with van der Waals surface area (Å²) in [5, 5.41) is 19.2. The maximum atomic E-state index is 10.4. The van der Waals surface area contributed by atoms with Crippen LogP contribution in [0.1, 0.15) is 0 Å². The first-order valence-electron chi connectivity index (χ1n) is 3.92. The summed E-state index contributed by atoms with van der Waals surface area (Å²) in [6.45, 7) is -0.169. The first-order chi connectivity index (χ1) is 6.56. The van der Waals surface area contributed by atoms with E-state index in [1.165, 1.54) is 23.1 Å². The number of rotatable bonds is 3. The Morgan fingerprint density at radius 2 is 2.29 bits per heavy atom. The molecule has 3 N–H and O–H groups in total. The maximum absolute atomic E-state index is 10.4. The molecule has 0 aliphatic carbocycles. The van der Waals surface area contributed by atoms with E-state index in [2.05, 4.69) is 0 Å². The Hall–Kier alpha value is -1.82. The van der Waals surface area contributed by atoms with Crippen LogP contribution in [0.15, 0.2) is 18.2 Å². The van der Waals surface area contributed by atoms with Crippen molar-refractivity contribution in [2.24, 2.45) is 0 Å². The van der Waals surface area contributed by atoms with Crippen LogP contribution in [0.25, 0.3) is 0 Å². The quantitative estimate of drug-likeness (QED) is 0.319. The molecule has 0 unspecified atom stereocenters. The zero-order valence-electron chi connectivity index (χ0n) is 7.67. The van der Waals surface area contributed by atoms with Crippen molar-refractivity contribution in [1.82, 2.24) is 0 Å². The smallest absolute Gasteiger partial charge is 0.292 e. The fourth-order valence-electron chi connectivity index (χ4n) is 1.03. The van der Waals surface area contributed by atoms with E-state index in [-0.39, 0.29) is 18.1 Å². The van der Waals surface area contributed by atoms with Gasteiger partial charge in [0.05, 0.1) is 4.92 Å². The zero-order chi connectivity index (χ0) is 10.7. The van der Waals surface area contributed by atoms with Gasteiger partial charge in [-0.1, -0.05) is 0 Å². The number of benzene rings is 1. The highest BCUT2D eigenvalue weighted by Crippen LogP contribution is 2.25. The molecule has 0 aliphatic rings. The Balaban J connectivity index is 3.06. The van der Waals surface area contributed by atoms with E-state index in [0.717, 1.165) is 0 Å². The topological polar surface area (TPSA) is 92.6 Å². The Bertz CT molecular complexity index is 354. The number of nitro groups is 1. The summed E-state index contributed by atoms with van der Waals surface area (Å²) < 4.78 is 0. The van der Waals surface area contributed by atoms with Gasteiger partial charge >= 0.3 is 0 Å². The number of nitrogen functional groups attached to an aromatic ring is 1. The number of nitrogens with two attached hydrogens (primary N) is 1. The van der Waals surface area contributed by atoms with Crippen LogP contribution in [0, 0.1) is 10.1 Å². The van der Waals surface area contributed by atoms with Crippen LogP contribution in [0.2, 0.25) is 0 Å². The minimum atomic E-state index is -0.544. The molecule has 0 saturated carbocycles. The molecule has 0 radical (unpaired) electrons. The second kappa shape index (κ2) is 3.93. The third-order valence-corrected chi connectivity index (χ3v) is 1.86. The Morgan fingerprint density at radius 1 is 1.64 bits per heavy atom. The monoisotopic (exact) mass is 197 g/mol. The molecule has 0 aromatic heterocycles. The molecule has 1 aromatic rings. The highest BCUT2D eigenvalue weighted by molar-refractivity contribution is 5.66. The lowest BCUT2D eigenvalue weighted by molar-refractivity contribution is -0.383. The average molecular weight is 197 g/mol. The van der Waals surface area contributed by atoms with Crippen LogP contribution in [0.5, 0.6) is 0 Å². The molecule has 0 saturated heterocycles. The minimum Gasteiger partial charge on any atom is -0.393 e. The number of hydrogen-bond donors (Lipinski definition) is 2. The lowest BCUT2D eigenvalue weighted by atomic mass is 10.2. The van der Waals surface area contributed by atoms with E-state index in [0.29, 0.717) is 5.69 Å². The zero-order valence-corrected chi connectivity index (χ0v) is 7.67. The highest BCUT2D eigenvalue weighted by atomic mass is 16.6. The molecule has 0 aliphatic heterocycles. The molecule has 0 atom stereocenters. The summed E-state index contributed by atoms with van der Waals surface area (Å²) >= 11 is 0. The number of hydrogen-bond acceptors (Lipinski definition) is 5. The first kappa shape index (κ1) is 10.3. The second-order valence-electron chi connectivity index (χ2n) is 2.84. The SMILES string of the molecule is CN(CO)c1ccc([N+](=O)[O-])c(N)c1. The van der Waals surface area contributed by atoms with E-state index in [1.807, 2.05) is 0 Å². The summed E-state index contributed by atoms with van der Waals surface area (Å²) in [6.07, 6.45) is 0. The molecular weight excluding hydrogens is 186 g/mol.